The Kier molecular flexibility index (Phi) is 5.14. The number of anilines is 2. The molecule has 0 saturated carbocycles. The van der Waals surface area contributed by atoms with E-state index in [0.29, 0.717) is 25.6 Å². The van der Waals surface area contributed by atoms with Crippen LogP contribution in [-0.2, 0) is 11.3 Å². The van der Waals surface area contributed by atoms with Gasteiger partial charge in [0.2, 0.25) is 11.9 Å². The summed E-state index contributed by atoms with van der Waals surface area (Å²) >= 11 is 0. The van der Waals surface area contributed by atoms with Gasteiger partial charge in [-0.15, -0.1) is 0 Å². The smallest absolute Gasteiger partial charge is 0.242 e. The number of hydrogen-bond acceptors (Lipinski definition) is 5. The number of amides is 1. The van der Waals surface area contributed by atoms with Crippen molar-refractivity contribution in [1.29, 1.82) is 0 Å². The average molecular weight is 378 g/mol. The molecule has 4 rings (SSSR count). The minimum atomic E-state index is 0.160. The highest BCUT2D eigenvalue weighted by atomic mass is 16.2. The normalized spacial score (nSPS) is 14.5. The molecule has 0 bridgehead atoms. The van der Waals surface area contributed by atoms with Crippen LogP contribution in [0, 0.1) is 6.92 Å². The number of benzene rings is 1. The van der Waals surface area contributed by atoms with Gasteiger partial charge in [0, 0.05) is 56.2 Å². The van der Waals surface area contributed by atoms with Crippen LogP contribution in [0.25, 0.3) is 10.9 Å². The molecule has 28 heavy (non-hydrogen) atoms. The minimum absolute atomic E-state index is 0.160. The van der Waals surface area contributed by atoms with E-state index in [1.807, 2.05) is 47.7 Å². The summed E-state index contributed by atoms with van der Waals surface area (Å²) in [5.41, 5.74) is 2.04. The van der Waals surface area contributed by atoms with Crippen molar-refractivity contribution >= 4 is 28.6 Å². The van der Waals surface area contributed by atoms with Gasteiger partial charge in [-0.2, -0.15) is 4.98 Å². The van der Waals surface area contributed by atoms with E-state index >= 15 is 0 Å². The van der Waals surface area contributed by atoms with E-state index in [9.17, 15) is 4.79 Å². The Morgan fingerprint density at radius 3 is 2.68 bits per heavy atom. The standard InChI is InChI=1S/C21H26N6O/c1-3-22-21-23-16(2)14-19(24-21)25-10-12-26(13-11-25)20(28)15-27-9-8-17-6-4-5-7-18(17)27/h4-9,14H,3,10-13,15H2,1-2H3,(H,22,23,24). The number of carbonyl (C=O) groups is 1. The monoisotopic (exact) mass is 378 g/mol. The van der Waals surface area contributed by atoms with Crippen molar-refractivity contribution in [1.82, 2.24) is 19.4 Å². The number of fused-ring (bicyclic) bond motifs is 1. The lowest BCUT2D eigenvalue weighted by atomic mass is 10.2. The fourth-order valence-electron chi connectivity index (χ4n) is 3.66. The van der Waals surface area contributed by atoms with Gasteiger partial charge < -0.3 is 19.7 Å². The van der Waals surface area contributed by atoms with E-state index in [0.717, 1.165) is 42.0 Å². The maximum atomic E-state index is 12.8. The van der Waals surface area contributed by atoms with Gasteiger partial charge >= 0.3 is 0 Å². The summed E-state index contributed by atoms with van der Waals surface area (Å²) in [6.07, 6.45) is 1.99. The molecule has 3 heterocycles. The number of nitrogens with one attached hydrogen (secondary N) is 1. The average Bonchev–Trinajstić information content (AvgIpc) is 3.11. The Labute approximate surface area is 165 Å². The van der Waals surface area contributed by atoms with Gasteiger partial charge in [0.1, 0.15) is 12.4 Å². The highest BCUT2D eigenvalue weighted by Crippen LogP contribution is 2.18. The Hall–Kier alpha value is -3.09. The molecule has 1 N–H and O–H groups in total. The Morgan fingerprint density at radius 2 is 1.89 bits per heavy atom. The molecule has 0 radical (unpaired) electrons. The topological polar surface area (TPSA) is 66.3 Å². The highest BCUT2D eigenvalue weighted by molar-refractivity contribution is 5.83. The lowest BCUT2D eigenvalue weighted by molar-refractivity contribution is -0.132. The van der Waals surface area contributed by atoms with Gasteiger partial charge in [0.05, 0.1) is 0 Å². The van der Waals surface area contributed by atoms with Crippen LogP contribution in [0.4, 0.5) is 11.8 Å². The van der Waals surface area contributed by atoms with Crippen LogP contribution in [0.5, 0.6) is 0 Å². The third-order valence-electron chi connectivity index (χ3n) is 5.12. The van der Waals surface area contributed by atoms with Crippen LogP contribution >= 0.6 is 0 Å². The summed E-state index contributed by atoms with van der Waals surface area (Å²) in [6.45, 7) is 8.15. The van der Waals surface area contributed by atoms with Crippen molar-refractivity contribution < 1.29 is 4.79 Å². The fraction of sp³-hybridized carbons (Fsp3) is 0.381. The highest BCUT2D eigenvalue weighted by Gasteiger charge is 2.23. The Balaban J connectivity index is 1.39. The fourth-order valence-corrected chi connectivity index (χ4v) is 3.66. The van der Waals surface area contributed by atoms with Crippen LogP contribution in [-0.4, -0.2) is 58.1 Å². The molecule has 1 aromatic carbocycles. The summed E-state index contributed by atoms with van der Waals surface area (Å²) in [7, 11) is 0. The first-order chi connectivity index (χ1) is 13.6. The van der Waals surface area contributed by atoms with Gasteiger partial charge in [-0.3, -0.25) is 4.79 Å². The predicted octanol–water partition coefficient (Wildman–Crippen LogP) is 2.52. The van der Waals surface area contributed by atoms with Gasteiger partial charge in [-0.25, -0.2) is 4.98 Å². The number of rotatable bonds is 5. The van der Waals surface area contributed by atoms with Crippen molar-refractivity contribution in [3.8, 4) is 0 Å². The molecular weight excluding hydrogens is 352 g/mol. The molecule has 2 aromatic heterocycles. The first-order valence-electron chi connectivity index (χ1n) is 9.80. The van der Waals surface area contributed by atoms with Crippen LogP contribution in [0.2, 0.25) is 0 Å². The van der Waals surface area contributed by atoms with Crippen molar-refractivity contribution in [2.45, 2.75) is 20.4 Å². The number of hydrogen-bond donors (Lipinski definition) is 1. The molecule has 0 spiro atoms. The van der Waals surface area contributed by atoms with Gasteiger partial charge in [-0.1, -0.05) is 18.2 Å². The summed E-state index contributed by atoms with van der Waals surface area (Å²) in [6, 6.07) is 12.2. The minimum Gasteiger partial charge on any atom is -0.354 e. The Bertz CT molecular complexity index is 974. The first kappa shape index (κ1) is 18.3. The molecule has 146 valence electrons. The summed E-state index contributed by atoms with van der Waals surface area (Å²) in [5.74, 6) is 1.75. The number of piperazine rings is 1. The Morgan fingerprint density at radius 1 is 1.11 bits per heavy atom. The number of nitrogens with zero attached hydrogens (tertiary/aromatic N) is 5. The molecule has 0 aliphatic carbocycles. The number of aromatic nitrogens is 3. The largest absolute Gasteiger partial charge is 0.354 e. The van der Waals surface area contributed by atoms with E-state index in [-0.39, 0.29) is 5.91 Å². The van der Waals surface area contributed by atoms with Gasteiger partial charge in [0.15, 0.2) is 0 Å². The molecule has 3 aromatic rings. The van der Waals surface area contributed by atoms with Crippen LogP contribution in [0.3, 0.4) is 0 Å². The second kappa shape index (κ2) is 7.88. The molecule has 7 nitrogen and oxygen atoms in total. The van der Waals surface area contributed by atoms with Crippen LogP contribution in [0.1, 0.15) is 12.6 Å². The SMILES string of the molecule is CCNc1nc(C)cc(N2CCN(C(=O)Cn3ccc4ccccc43)CC2)n1. The van der Waals surface area contributed by atoms with Gasteiger partial charge in [-0.05, 0) is 31.4 Å². The molecule has 0 unspecified atom stereocenters. The quantitative estimate of drug-likeness (QED) is 0.739. The zero-order valence-electron chi connectivity index (χ0n) is 16.4. The third-order valence-corrected chi connectivity index (χ3v) is 5.12. The first-order valence-corrected chi connectivity index (χ1v) is 9.80. The molecule has 0 atom stereocenters. The van der Waals surface area contributed by atoms with Crippen LogP contribution in [0.15, 0.2) is 42.6 Å². The summed E-state index contributed by atoms with van der Waals surface area (Å²) in [5, 5.41) is 4.34. The van der Waals surface area contributed by atoms with Crippen LogP contribution < -0.4 is 10.2 Å². The third kappa shape index (κ3) is 3.78. The van der Waals surface area contributed by atoms with Crippen molar-refractivity contribution in [3.63, 3.8) is 0 Å². The van der Waals surface area contributed by atoms with Crippen molar-refractivity contribution in [3.05, 3.63) is 48.3 Å². The van der Waals surface area contributed by atoms with E-state index in [2.05, 4.69) is 38.4 Å². The van der Waals surface area contributed by atoms with E-state index in [4.69, 9.17) is 0 Å². The predicted molar refractivity (Wildman–Crippen MR) is 112 cm³/mol. The van der Waals surface area contributed by atoms with Crippen molar-refractivity contribution in [2.75, 3.05) is 42.9 Å². The zero-order valence-corrected chi connectivity index (χ0v) is 16.4. The van der Waals surface area contributed by atoms with Crippen molar-refractivity contribution in [2.24, 2.45) is 0 Å². The van der Waals surface area contributed by atoms with E-state index in [1.54, 1.807) is 0 Å². The van der Waals surface area contributed by atoms with Gasteiger partial charge in [0.25, 0.3) is 0 Å². The zero-order chi connectivity index (χ0) is 19.5. The maximum absolute atomic E-state index is 12.8. The number of para-hydroxylation sites is 1. The van der Waals surface area contributed by atoms with E-state index in [1.165, 1.54) is 0 Å². The second-order valence-electron chi connectivity index (χ2n) is 7.09. The molecule has 1 saturated heterocycles. The summed E-state index contributed by atoms with van der Waals surface area (Å²) < 4.78 is 2.03. The lowest BCUT2D eigenvalue weighted by Gasteiger charge is -2.35. The number of carbonyl (C=O) groups excluding carboxylic acids is 1. The number of aryl methyl sites for hydroxylation is 1. The molecular formula is C21H26N6O. The molecule has 1 aliphatic heterocycles. The molecule has 1 fully saturated rings. The second-order valence-corrected chi connectivity index (χ2v) is 7.09. The summed E-state index contributed by atoms with van der Waals surface area (Å²) in [4.78, 5) is 26.0. The maximum Gasteiger partial charge on any atom is 0.242 e. The molecule has 1 amide bonds. The molecule has 7 heteroatoms. The lowest BCUT2D eigenvalue weighted by Crippen LogP contribution is -2.49. The molecule has 1 aliphatic rings. The van der Waals surface area contributed by atoms with E-state index < -0.39 is 0 Å².